The minimum atomic E-state index is -1.13. The minimum absolute atomic E-state index is 0.109. The van der Waals surface area contributed by atoms with Crippen molar-refractivity contribution in [3.8, 4) is 0 Å². The average Bonchev–Trinajstić information content (AvgIpc) is 2.30. The Balaban J connectivity index is 3.17. The predicted molar refractivity (Wildman–Crippen MR) is 40.2 cm³/mol. The Bertz CT molecular complexity index is 340. The highest BCUT2D eigenvalue weighted by Crippen LogP contribution is 2.03. The zero-order valence-electron chi connectivity index (χ0n) is 6.74. The largest absolute Gasteiger partial charge is 0.476 e. The van der Waals surface area contributed by atoms with Crippen molar-refractivity contribution in [2.75, 3.05) is 0 Å². The summed E-state index contributed by atoms with van der Waals surface area (Å²) in [5.41, 5.74) is 0.190. The van der Waals surface area contributed by atoms with E-state index < -0.39 is 5.97 Å². The van der Waals surface area contributed by atoms with E-state index in [0.29, 0.717) is 5.69 Å². The quantitative estimate of drug-likeness (QED) is 0.645. The van der Waals surface area contributed by atoms with Gasteiger partial charge < -0.3 is 5.11 Å². The highest BCUT2D eigenvalue weighted by Gasteiger charge is 2.13. The lowest BCUT2D eigenvalue weighted by molar-refractivity contribution is 0.0689. The van der Waals surface area contributed by atoms with Crippen LogP contribution in [0.3, 0.4) is 0 Å². The molecule has 5 heteroatoms. The first kappa shape index (κ1) is 8.45. The van der Waals surface area contributed by atoms with Crippen molar-refractivity contribution in [1.82, 2.24) is 9.78 Å². The van der Waals surface area contributed by atoms with E-state index in [-0.39, 0.29) is 11.5 Å². The van der Waals surface area contributed by atoms with Crippen molar-refractivity contribution in [2.24, 2.45) is 7.05 Å². The van der Waals surface area contributed by atoms with Crippen LogP contribution in [0.4, 0.5) is 0 Å². The van der Waals surface area contributed by atoms with Crippen LogP contribution in [0.2, 0.25) is 0 Å². The van der Waals surface area contributed by atoms with E-state index >= 15 is 0 Å². The van der Waals surface area contributed by atoms with E-state index in [2.05, 4.69) is 5.10 Å². The van der Waals surface area contributed by atoms with Crippen LogP contribution in [-0.4, -0.2) is 26.6 Å². The van der Waals surface area contributed by atoms with Crippen LogP contribution >= 0.6 is 0 Å². The SMILES string of the molecule is CC(=O)c1cc(C(=O)O)nn1C. The van der Waals surface area contributed by atoms with Crippen LogP contribution in [0.25, 0.3) is 0 Å². The maximum atomic E-state index is 10.8. The number of ketones is 1. The third-order valence-electron chi connectivity index (χ3n) is 1.46. The summed E-state index contributed by atoms with van der Waals surface area (Å²) in [4.78, 5) is 21.3. The fourth-order valence-corrected chi connectivity index (χ4v) is 0.901. The molecule has 12 heavy (non-hydrogen) atoms. The Morgan fingerprint density at radius 1 is 1.58 bits per heavy atom. The van der Waals surface area contributed by atoms with Gasteiger partial charge in [-0.3, -0.25) is 9.48 Å². The van der Waals surface area contributed by atoms with Gasteiger partial charge in [0, 0.05) is 20.0 Å². The molecule has 0 aliphatic carbocycles. The highest BCUT2D eigenvalue weighted by atomic mass is 16.4. The molecule has 1 N–H and O–H groups in total. The van der Waals surface area contributed by atoms with Crippen molar-refractivity contribution in [2.45, 2.75) is 6.92 Å². The molecule has 0 saturated heterocycles. The third kappa shape index (κ3) is 1.34. The molecule has 0 saturated carbocycles. The summed E-state index contributed by atoms with van der Waals surface area (Å²) in [6.45, 7) is 1.36. The monoisotopic (exact) mass is 168 g/mol. The molecule has 1 aromatic heterocycles. The molecule has 0 fully saturated rings. The van der Waals surface area contributed by atoms with Crippen molar-refractivity contribution in [3.05, 3.63) is 17.5 Å². The molecule has 1 aromatic rings. The second-order valence-electron chi connectivity index (χ2n) is 2.40. The first-order valence-corrected chi connectivity index (χ1v) is 3.30. The van der Waals surface area contributed by atoms with Gasteiger partial charge in [0.05, 0.1) is 0 Å². The van der Waals surface area contributed by atoms with E-state index in [1.807, 2.05) is 0 Å². The van der Waals surface area contributed by atoms with E-state index in [1.54, 1.807) is 0 Å². The molecular formula is C7H8N2O3. The number of carboxylic acids is 1. The number of aryl methyl sites for hydroxylation is 1. The number of nitrogens with zero attached hydrogens (tertiary/aromatic N) is 2. The maximum Gasteiger partial charge on any atom is 0.356 e. The molecule has 0 aliphatic rings. The van der Waals surface area contributed by atoms with Crippen LogP contribution in [0.5, 0.6) is 0 Å². The zero-order chi connectivity index (χ0) is 9.30. The minimum Gasteiger partial charge on any atom is -0.476 e. The van der Waals surface area contributed by atoms with Crippen LogP contribution in [0.1, 0.15) is 27.9 Å². The van der Waals surface area contributed by atoms with Crippen molar-refractivity contribution in [3.63, 3.8) is 0 Å². The second-order valence-corrected chi connectivity index (χ2v) is 2.40. The van der Waals surface area contributed by atoms with Crippen LogP contribution in [0, 0.1) is 0 Å². The van der Waals surface area contributed by atoms with Crippen molar-refractivity contribution >= 4 is 11.8 Å². The topological polar surface area (TPSA) is 72.2 Å². The van der Waals surface area contributed by atoms with Gasteiger partial charge in [-0.15, -0.1) is 0 Å². The van der Waals surface area contributed by atoms with Crippen LogP contribution < -0.4 is 0 Å². The molecule has 64 valence electrons. The first-order valence-electron chi connectivity index (χ1n) is 3.30. The van der Waals surface area contributed by atoms with E-state index in [9.17, 15) is 9.59 Å². The smallest absolute Gasteiger partial charge is 0.356 e. The Labute approximate surface area is 68.6 Å². The molecule has 0 atom stereocenters. The molecule has 0 aromatic carbocycles. The van der Waals surface area contributed by atoms with Gasteiger partial charge in [0.15, 0.2) is 11.5 Å². The Kier molecular flexibility index (Phi) is 1.95. The van der Waals surface area contributed by atoms with Crippen molar-refractivity contribution in [1.29, 1.82) is 0 Å². The van der Waals surface area contributed by atoms with Gasteiger partial charge in [0.1, 0.15) is 5.69 Å². The molecule has 5 nitrogen and oxygen atoms in total. The molecule has 1 heterocycles. The molecule has 0 aliphatic heterocycles. The summed E-state index contributed by atoms with van der Waals surface area (Å²) >= 11 is 0. The number of carboxylic acid groups (broad SMARTS) is 1. The standard InChI is InChI=1S/C7H8N2O3/c1-4(10)6-3-5(7(11)12)8-9(6)2/h3H,1-2H3,(H,11,12). The van der Waals surface area contributed by atoms with Crippen LogP contribution in [0.15, 0.2) is 6.07 Å². The molecule has 0 bridgehead atoms. The van der Waals surface area contributed by atoms with Gasteiger partial charge in [-0.2, -0.15) is 5.10 Å². The average molecular weight is 168 g/mol. The molecule has 0 amide bonds. The maximum absolute atomic E-state index is 10.8. The van der Waals surface area contributed by atoms with E-state index in [1.165, 1.54) is 24.7 Å². The summed E-state index contributed by atoms with van der Waals surface area (Å²) in [5.74, 6) is -1.32. The summed E-state index contributed by atoms with van der Waals surface area (Å²) in [6, 6.07) is 1.25. The number of carbonyl (C=O) groups excluding carboxylic acids is 1. The Morgan fingerprint density at radius 3 is 2.42 bits per heavy atom. The fourth-order valence-electron chi connectivity index (χ4n) is 0.901. The molecular weight excluding hydrogens is 160 g/mol. The number of hydrogen-bond donors (Lipinski definition) is 1. The summed E-state index contributed by atoms with van der Waals surface area (Å²) in [7, 11) is 1.53. The predicted octanol–water partition coefficient (Wildman–Crippen LogP) is 0.321. The molecule has 1 rings (SSSR count). The Hall–Kier alpha value is -1.65. The lowest BCUT2D eigenvalue weighted by Crippen LogP contribution is -2.03. The number of aromatic nitrogens is 2. The fraction of sp³-hybridized carbons (Fsp3) is 0.286. The van der Waals surface area contributed by atoms with Gasteiger partial charge in [0.25, 0.3) is 0 Å². The number of rotatable bonds is 2. The first-order chi connectivity index (χ1) is 5.52. The van der Waals surface area contributed by atoms with Gasteiger partial charge in [-0.25, -0.2) is 4.79 Å². The van der Waals surface area contributed by atoms with E-state index in [4.69, 9.17) is 5.11 Å². The highest BCUT2D eigenvalue weighted by molar-refractivity contribution is 5.95. The summed E-state index contributed by atoms with van der Waals surface area (Å²) in [5, 5.41) is 12.1. The zero-order valence-corrected chi connectivity index (χ0v) is 6.74. The number of hydrogen-bond acceptors (Lipinski definition) is 3. The van der Waals surface area contributed by atoms with Crippen LogP contribution in [-0.2, 0) is 7.05 Å². The lowest BCUT2D eigenvalue weighted by Gasteiger charge is -1.92. The Morgan fingerprint density at radius 2 is 2.17 bits per heavy atom. The normalized spacial score (nSPS) is 9.83. The number of aromatic carboxylic acids is 1. The second kappa shape index (κ2) is 2.77. The lowest BCUT2D eigenvalue weighted by atomic mass is 10.3. The van der Waals surface area contributed by atoms with Gasteiger partial charge in [-0.1, -0.05) is 0 Å². The van der Waals surface area contributed by atoms with Crippen molar-refractivity contribution < 1.29 is 14.7 Å². The summed E-state index contributed by atoms with van der Waals surface area (Å²) in [6.07, 6.45) is 0. The number of carbonyl (C=O) groups is 2. The number of Topliss-reactive ketones (excluding diaryl/α,β-unsaturated/α-hetero) is 1. The molecule has 0 unspecified atom stereocenters. The molecule has 0 radical (unpaired) electrons. The third-order valence-corrected chi connectivity index (χ3v) is 1.46. The van der Waals surface area contributed by atoms with Gasteiger partial charge in [-0.05, 0) is 0 Å². The van der Waals surface area contributed by atoms with Gasteiger partial charge >= 0.3 is 5.97 Å². The van der Waals surface area contributed by atoms with Gasteiger partial charge in [0.2, 0.25) is 0 Å². The molecule has 0 spiro atoms. The van der Waals surface area contributed by atoms with E-state index in [0.717, 1.165) is 0 Å². The summed E-state index contributed by atoms with van der Waals surface area (Å²) < 4.78 is 1.26.